The molecule has 0 saturated carbocycles. The van der Waals surface area contributed by atoms with Crippen molar-refractivity contribution in [3.63, 3.8) is 0 Å². The second kappa shape index (κ2) is 5.65. The van der Waals surface area contributed by atoms with Crippen molar-refractivity contribution < 1.29 is 9.90 Å². The summed E-state index contributed by atoms with van der Waals surface area (Å²) in [5.74, 6) is -0.902. The van der Waals surface area contributed by atoms with E-state index in [-0.39, 0.29) is 0 Å². The Balaban J connectivity index is 1.72. The van der Waals surface area contributed by atoms with Gasteiger partial charge in [0.15, 0.2) is 5.65 Å². The normalized spacial score (nSPS) is 10.9. The molecule has 3 aromatic rings. The fourth-order valence-electron chi connectivity index (χ4n) is 2.13. The number of aromatic carboxylic acids is 1. The predicted molar refractivity (Wildman–Crippen MR) is 81.5 cm³/mol. The lowest BCUT2D eigenvalue weighted by Gasteiger charge is -2.03. The molecule has 0 radical (unpaired) electrons. The standard InChI is InChI=1S/C15H12BrN3O2/c16-13-9-17-14-7-11(8-18-19(13)14)2-1-10-3-5-12(6-4-10)15(20)21/h3-9H,1-2H2,(H,20,21). The molecule has 0 saturated heterocycles. The van der Waals surface area contributed by atoms with Gasteiger partial charge in [0.2, 0.25) is 0 Å². The van der Waals surface area contributed by atoms with Gasteiger partial charge in [0.25, 0.3) is 0 Å². The van der Waals surface area contributed by atoms with Crippen molar-refractivity contribution in [3.05, 3.63) is 64.0 Å². The molecule has 0 aliphatic heterocycles. The van der Waals surface area contributed by atoms with Gasteiger partial charge in [-0.2, -0.15) is 5.10 Å². The monoisotopic (exact) mass is 345 g/mol. The number of fused-ring (bicyclic) bond motifs is 1. The molecule has 106 valence electrons. The van der Waals surface area contributed by atoms with Gasteiger partial charge in [-0.05, 0) is 58.1 Å². The van der Waals surface area contributed by atoms with Crippen LogP contribution in [0, 0.1) is 0 Å². The van der Waals surface area contributed by atoms with Crippen molar-refractivity contribution in [2.24, 2.45) is 0 Å². The zero-order chi connectivity index (χ0) is 14.8. The maximum atomic E-state index is 10.8. The summed E-state index contributed by atoms with van der Waals surface area (Å²) in [6, 6.07) is 8.96. The Morgan fingerprint density at radius 2 is 1.86 bits per heavy atom. The molecule has 0 atom stereocenters. The Morgan fingerprint density at radius 3 is 2.57 bits per heavy atom. The van der Waals surface area contributed by atoms with Crippen LogP contribution in [0.4, 0.5) is 0 Å². The van der Waals surface area contributed by atoms with Crippen LogP contribution in [0.15, 0.2) is 47.3 Å². The molecule has 0 spiro atoms. The van der Waals surface area contributed by atoms with Crippen LogP contribution in [0.25, 0.3) is 5.65 Å². The molecule has 0 aliphatic carbocycles. The number of aromatic nitrogens is 3. The minimum absolute atomic E-state index is 0.309. The summed E-state index contributed by atoms with van der Waals surface area (Å²) in [5.41, 5.74) is 3.32. The number of carbonyl (C=O) groups is 1. The highest BCUT2D eigenvalue weighted by Gasteiger charge is 2.05. The Hall–Kier alpha value is -2.21. The highest BCUT2D eigenvalue weighted by atomic mass is 79.9. The van der Waals surface area contributed by atoms with E-state index in [2.05, 4.69) is 26.0 Å². The molecule has 3 rings (SSSR count). The van der Waals surface area contributed by atoms with Crippen molar-refractivity contribution in [3.8, 4) is 0 Å². The average molecular weight is 346 g/mol. The summed E-state index contributed by atoms with van der Waals surface area (Å²) < 4.78 is 2.55. The fourth-order valence-corrected chi connectivity index (χ4v) is 2.50. The highest BCUT2D eigenvalue weighted by Crippen LogP contribution is 2.14. The minimum Gasteiger partial charge on any atom is -0.478 e. The number of halogens is 1. The third-order valence-electron chi connectivity index (χ3n) is 3.28. The lowest BCUT2D eigenvalue weighted by molar-refractivity contribution is 0.0697. The Morgan fingerprint density at radius 1 is 1.14 bits per heavy atom. The number of hydrogen-bond donors (Lipinski definition) is 1. The fraction of sp³-hybridized carbons (Fsp3) is 0.133. The van der Waals surface area contributed by atoms with Gasteiger partial charge in [-0.25, -0.2) is 14.3 Å². The molecule has 0 bridgehead atoms. The first-order valence-corrected chi connectivity index (χ1v) is 7.23. The Bertz CT molecular complexity index is 796. The van der Waals surface area contributed by atoms with Crippen molar-refractivity contribution in [1.29, 1.82) is 0 Å². The van der Waals surface area contributed by atoms with E-state index in [1.807, 2.05) is 24.4 Å². The molecule has 2 heterocycles. The topological polar surface area (TPSA) is 67.5 Å². The second-order valence-electron chi connectivity index (χ2n) is 4.72. The van der Waals surface area contributed by atoms with E-state index in [4.69, 9.17) is 5.11 Å². The van der Waals surface area contributed by atoms with Gasteiger partial charge in [-0.1, -0.05) is 12.1 Å². The number of hydrogen-bond acceptors (Lipinski definition) is 3. The van der Waals surface area contributed by atoms with E-state index in [0.717, 1.165) is 34.2 Å². The van der Waals surface area contributed by atoms with Gasteiger partial charge in [0.05, 0.1) is 18.0 Å². The van der Waals surface area contributed by atoms with Crippen LogP contribution < -0.4 is 0 Å². The third-order valence-corrected chi connectivity index (χ3v) is 3.82. The number of benzene rings is 1. The zero-order valence-corrected chi connectivity index (χ0v) is 12.6. The van der Waals surface area contributed by atoms with Gasteiger partial charge in [0, 0.05) is 0 Å². The van der Waals surface area contributed by atoms with E-state index in [1.165, 1.54) is 0 Å². The molecule has 2 aromatic heterocycles. The van der Waals surface area contributed by atoms with E-state index >= 15 is 0 Å². The third kappa shape index (κ3) is 2.95. The van der Waals surface area contributed by atoms with Gasteiger partial charge >= 0.3 is 5.97 Å². The highest BCUT2D eigenvalue weighted by molar-refractivity contribution is 9.10. The second-order valence-corrected chi connectivity index (χ2v) is 5.53. The zero-order valence-electron chi connectivity index (χ0n) is 11.0. The molecule has 0 aliphatic rings. The molecule has 0 fully saturated rings. The minimum atomic E-state index is -0.902. The quantitative estimate of drug-likeness (QED) is 0.789. The largest absolute Gasteiger partial charge is 0.478 e. The molecule has 21 heavy (non-hydrogen) atoms. The summed E-state index contributed by atoms with van der Waals surface area (Å²) in [4.78, 5) is 15.0. The van der Waals surface area contributed by atoms with Crippen LogP contribution in [0.1, 0.15) is 21.5 Å². The summed E-state index contributed by atoms with van der Waals surface area (Å²) in [5, 5.41) is 13.2. The van der Waals surface area contributed by atoms with E-state index in [0.29, 0.717) is 5.56 Å². The number of aryl methyl sites for hydroxylation is 2. The average Bonchev–Trinajstić information content (AvgIpc) is 2.86. The van der Waals surface area contributed by atoms with Crippen molar-refractivity contribution in [1.82, 2.24) is 14.6 Å². The SMILES string of the molecule is O=C(O)c1ccc(CCc2cnn3c(Br)cnc3c2)cc1. The molecule has 6 heteroatoms. The van der Waals surface area contributed by atoms with Gasteiger partial charge < -0.3 is 5.11 Å². The number of carboxylic acid groups (broad SMARTS) is 1. The number of nitrogens with zero attached hydrogens (tertiary/aromatic N) is 3. The molecule has 1 N–H and O–H groups in total. The molecule has 1 aromatic carbocycles. The lowest BCUT2D eigenvalue weighted by atomic mass is 10.0. The first-order chi connectivity index (χ1) is 10.1. The van der Waals surface area contributed by atoms with Crippen LogP contribution in [-0.4, -0.2) is 25.7 Å². The first-order valence-electron chi connectivity index (χ1n) is 6.44. The van der Waals surface area contributed by atoms with E-state index < -0.39 is 5.97 Å². The number of rotatable bonds is 4. The van der Waals surface area contributed by atoms with Crippen molar-refractivity contribution in [2.75, 3.05) is 0 Å². The molecule has 0 unspecified atom stereocenters. The predicted octanol–water partition coefficient (Wildman–Crippen LogP) is 2.98. The summed E-state index contributed by atoms with van der Waals surface area (Å²) in [6.07, 6.45) is 5.21. The molecule has 0 amide bonds. The Labute approximate surface area is 129 Å². The van der Waals surface area contributed by atoms with Crippen molar-refractivity contribution in [2.45, 2.75) is 12.8 Å². The van der Waals surface area contributed by atoms with Gasteiger partial charge in [-0.15, -0.1) is 0 Å². The van der Waals surface area contributed by atoms with Crippen molar-refractivity contribution >= 4 is 27.5 Å². The Kier molecular flexibility index (Phi) is 3.70. The smallest absolute Gasteiger partial charge is 0.335 e. The maximum absolute atomic E-state index is 10.8. The van der Waals surface area contributed by atoms with Crippen LogP contribution in [0.5, 0.6) is 0 Å². The van der Waals surface area contributed by atoms with Gasteiger partial charge in [0.1, 0.15) is 4.60 Å². The summed E-state index contributed by atoms with van der Waals surface area (Å²) >= 11 is 3.38. The van der Waals surface area contributed by atoms with Crippen LogP contribution in [0.2, 0.25) is 0 Å². The van der Waals surface area contributed by atoms with Crippen LogP contribution in [-0.2, 0) is 12.8 Å². The molecular weight excluding hydrogens is 334 g/mol. The number of imidazole rings is 1. The molecular formula is C15H12BrN3O2. The van der Waals surface area contributed by atoms with Gasteiger partial charge in [-0.3, -0.25) is 0 Å². The first kappa shape index (κ1) is 13.8. The van der Waals surface area contributed by atoms with E-state index in [1.54, 1.807) is 22.8 Å². The lowest BCUT2D eigenvalue weighted by Crippen LogP contribution is -1.99. The van der Waals surface area contributed by atoms with Crippen LogP contribution in [0.3, 0.4) is 0 Å². The van der Waals surface area contributed by atoms with E-state index in [9.17, 15) is 4.79 Å². The molecule has 5 nitrogen and oxygen atoms in total. The number of carboxylic acids is 1. The maximum Gasteiger partial charge on any atom is 0.335 e. The summed E-state index contributed by atoms with van der Waals surface area (Å²) in [6.45, 7) is 0. The van der Waals surface area contributed by atoms with Crippen LogP contribution >= 0.6 is 15.9 Å². The summed E-state index contributed by atoms with van der Waals surface area (Å²) in [7, 11) is 0.